The van der Waals surface area contributed by atoms with Gasteiger partial charge in [-0.25, -0.2) is 4.79 Å². The number of amides is 1. The van der Waals surface area contributed by atoms with Crippen molar-refractivity contribution < 1.29 is 19.8 Å². The van der Waals surface area contributed by atoms with Crippen LogP contribution in [0.4, 0.5) is 5.69 Å². The number of phenolic OH excluding ortho intramolecular Hbond substituents is 1. The predicted molar refractivity (Wildman–Crippen MR) is 70.1 cm³/mol. The van der Waals surface area contributed by atoms with E-state index in [0.29, 0.717) is 0 Å². The molecule has 7 nitrogen and oxygen atoms in total. The minimum Gasteiger partial charge on any atom is -0.506 e. The predicted octanol–water partition coefficient (Wildman–Crippen LogP) is 1.03. The third kappa shape index (κ3) is 2.83. The van der Waals surface area contributed by atoms with E-state index in [9.17, 15) is 19.5 Å². The third-order valence-electron chi connectivity index (χ3n) is 2.53. The van der Waals surface area contributed by atoms with Crippen molar-refractivity contribution in [3.05, 3.63) is 58.0 Å². The molecule has 0 spiro atoms. The topological polar surface area (TPSA) is 119 Å². The van der Waals surface area contributed by atoms with E-state index in [4.69, 9.17) is 5.11 Å². The highest BCUT2D eigenvalue weighted by molar-refractivity contribution is 6.05. The number of hydrogen-bond acceptors (Lipinski definition) is 4. The number of aromatic hydroxyl groups is 1. The summed E-state index contributed by atoms with van der Waals surface area (Å²) in [4.78, 5) is 36.2. The first kappa shape index (κ1) is 13.3. The molecule has 0 saturated carbocycles. The van der Waals surface area contributed by atoms with Crippen LogP contribution in [0.3, 0.4) is 0 Å². The van der Waals surface area contributed by atoms with E-state index in [1.54, 1.807) is 0 Å². The van der Waals surface area contributed by atoms with E-state index < -0.39 is 17.4 Å². The summed E-state index contributed by atoms with van der Waals surface area (Å²) < 4.78 is 0. The highest BCUT2D eigenvalue weighted by Gasteiger charge is 2.12. The van der Waals surface area contributed by atoms with Crippen LogP contribution in [0.1, 0.15) is 20.7 Å². The lowest BCUT2D eigenvalue weighted by atomic mass is 10.1. The number of carboxylic acids is 1. The Bertz CT molecular complexity index is 736. The van der Waals surface area contributed by atoms with E-state index in [-0.39, 0.29) is 22.6 Å². The average molecular weight is 274 g/mol. The quantitative estimate of drug-likeness (QED) is 0.623. The number of aromatic amines is 1. The van der Waals surface area contributed by atoms with Gasteiger partial charge in [-0.3, -0.25) is 9.59 Å². The van der Waals surface area contributed by atoms with Crippen LogP contribution in [-0.2, 0) is 0 Å². The molecule has 0 atom stereocenters. The standard InChI is InChI=1S/C13H10N2O5/c16-10-2-1-8(13(19)20)5-9(10)15-12(18)7-3-4-14-11(17)6-7/h1-6,16H,(H,14,17)(H,15,18)(H,19,20). The molecule has 20 heavy (non-hydrogen) atoms. The molecule has 7 heteroatoms. The molecular formula is C13H10N2O5. The van der Waals surface area contributed by atoms with Crippen LogP contribution in [0.15, 0.2) is 41.3 Å². The molecule has 1 heterocycles. The summed E-state index contributed by atoms with van der Waals surface area (Å²) in [6.07, 6.45) is 1.31. The Morgan fingerprint density at radius 1 is 1.10 bits per heavy atom. The first-order valence-corrected chi connectivity index (χ1v) is 5.54. The van der Waals surface area contributed by atoms with Crippen LogP contribution in [-0.4, -0.2) is 27.1 Å². The van der Waals surface area contributed by atoms with E-state index in [0.717, 1.165) is 18.2 Å². The SMILES string of the molecule is O=C(O)c1ccc(O)c(NC(=O)c2cc[nH]c(=O)c2)c1. The maximum Gasteiger partial charge on any atom is 0.335 e. The number of hydrogen-bond donors (Lipinski definition) is 4. The number of nitrogens with one attached hydrogen (secondary N) is 2. The fraction of sp³-hybridized carbons (Fsp3) is 0. The van der Waals surface area contributed by atoms with Gasteiger partial charge in [0.05, 0.1) is 11.3 Å². The number of pyridine rings is 1. The van der Waals surface area contributed by atoms with Crippen LogP contribution >= 0.6 is 0 Å². The Labute approximate surface area is 112 Å². The number of phenols is 1. The molecule has 4 N–H and O–H groups in total. The molecule has 1 aromatic heterocycles. The number of anilines is 1. The fourth-order valence-electron chi connectivity index (χ4n) is 1.55. The van der Waals surface area contributed by atoms with Crippen molar-refractivity contribution in [2.75, 3.05) is 5.32 Å². The van der Waals surface area contributed by atoms with Gasteiger partial charge in [0.1, 0.15) is 5.75 Å². The number of carboxylic acid groups (broad SMARTS) is 1. The Morgan fingerprint density at radius 2 is 1.85 bits per heavy atom. The molecule has 0 aliphatic carbocycles. The summed E-state index contributed by atoms with van der Waals surface area (Å²) >= 11 is 0. The number of aromatic nitrogens is 1. The van der Waals surface area contributed by atoms with Gasteiger partial charge >= 0.3 is 5.97 Å². The van der Waals surface area contributed by atoms with Gasteiger partial charge in [0.2, 0.25) is 5.56 Å². The summed E-state index contributed by atoms with van der Waals surface area (Å²) in [6.45, 7) is 0. The highest BCUT2D eigenvalue weighted by atomic mass is 16.4. The highest BCUT2D eigenvalue weighted by Crippen LogP contribution is 2.24. The first-order valence-electron chi connectivity index (χ1n) is 5.54. The zero-order chi connectivity index (χ0) is 14.7. The van der Waals surface area contributed by atoms with Crippen molar-refractivity contribution in [3.63, 3.8) is 0 Å². The van der Waals surface area contributed by atoms with E-state index >= 15 is 0 Å². The van der Waals surface area contributed by atoms with E-state index in [1.165, 1.54) is 18.3 Å². The van der Waals surface area contributed by atoms with E-state index in [1.807, 2.05) is 0 Å². The Hall–Kier alpha value is -3.09. The molecule has 102 valence electrons. The second-order valence-electron chi connectivity index (χ2n) is 3.93. The maximum atomic E-state index is 11.9. The minimum absolute atomic E-state index is 0.0461. The largest absolute Gasteiger partial charge is 0.506 e. The zero-order valence-corrected chi connectivity index (χ0v) is 10.1. The number of carbonyl (C=O) groups excluding carboxylic acids is 1. The lowest BCUT2D eigenvalue weighted by molar-refractivity contribution is 0.0696. The minimum atomic E-state index is -1.18. The van der Waals surface area contributed by atoms with Gasteiger partial charge < -0.3 is 20.5 Å². The first-order chi connectivity index (χ1) is 9.47. The summed E-state index contributed by atoms with van der Waals surface area (Å²) in [5, 5.41) is 20.8. The van der Waals surface area contributed by atoms with Crippen LogP contribution < -0.4 is 10.9 Å². The number of carbonyl (C=O) groups is 2. The van der Waals surface area contributed by atoms with Gasteiger partial charge in [-0.2, -0.15) is 0 Å². The van der Waals surface area contributed by atoms with Gasteiger partial charge in [-0.05, 0) is 24.3 Å². The van der Waals surface area contributed by atoms with Crippen molar-refractivity contribution in [2.45, 2.75) is 0 Å². The van der Waals surface area contributed by atoms with E-state index in [2.05, 4.69) is 10.3 Å². The molecule has 2 rings (SSSR count). The number of aromatic carboxylic acids is 1. The second kappa shape index (κ2) is 5.27. The van der Waals surface area contributed by atoms with Gasteiger partial charge in [0, 0.05) is 17.8 Å². The second-order valence-corrected chi connectivity index (χ2v) is 3.93. The normalized spacial score (nSPS) is 10.0. The molecule has 0 aliphatic rings. The molecule has 0 radical (unpaired) electrons. The smallest absolute Gasteiger partial charge is 0.335 e. The molecule has 1 amide bonds. The summed E-state index contributed by atoms with van der Waals surface area (Å²) in [5.74, 6) is -2.08. The van der Waals surface area contributed by atoms with Crippen molar-refractivity contribution in [2.24, 2.45) is 0 Å². The van der Waals surface area contributed by atoms with Crippen molar-refractivity contribution in [3.8, 4) is 5.75 Å². The number of benzene rings is 1. The third-order valence-corrected chi connectivity index (χ3v) is 2.53. The van der Waals surface area contributed by atoms with Gasteiger partial charge in [0.25, 0.3) is 5.91 Å². The molecule has 0 saturated heterocycles. The van der Waals surface area contributed by atoms with Crippen molar-refractivity contribution in [1.29, 1.82) is 0 Å². The molecule has 2 aromatic rings. The Kier molecular flexibility index (Phi) is 3.52. The van der Waals surface area contributed by atoms with Gasteiger partial charge in [0.15, 0.2) is 0 Å². The maximum absolute atomic E-state index is 11.9. The molecule has 0 aliphatic heterocycles. The molecule has 1 aromatic carbocycles. The summed E-state index contributed by atoms with van der Waals surface area (Å²) in [6, 6.07) is 5.97. The lowest BCUT2D eigenvalue weighted by Gasteiger charge is -2.08. The van der Waals surface area contributed by atoms with Crippen LogP contribution in [0.5, 0.6) is 5.75 Å². The average Bonchev–Trinajstić information content (AvgIpc) is 2.41. The zero-order valence-electron chi connectivity index (χ0n) is 10.1. The van der Waals surface area contributed by atoms with Crippen molar-refractivity contribution in [1.82, 2.24) is 4.98 Å². The van der Waals surface area contributed by atoms with Crippen LogP contribution in [0.2, 0.25) is 0 Å². The van der Waals surface area contributed by atoms with Crippen LogP contribution in [0.25, 0.3) is 0 Å². The number of H-pyrrole nitrogens is 1. The Balaban J connectivity index is 2.30. The summed E-state index contributed by atoms with van der Waals surface area (Å²) in [7, 11) is 0. The molecule has 0 bridgehead atoms. The van der Waals surface area contributed by atoms with Gasteiger partial charge in [-0.1, -0.05) is 0 Å². The number of rotatable bonds is 3. The van der Waals surface area contributed by atoms with Crippen LogP contribution in [0, 0.1) is 0 Å². The molecular weight excluding hydrogens is 264 g/mol. The lowest BCUT2D eigenvalue weighted by Crippen LogP contribution is -2.16. The summed E-state index contributed by atoms with van der Waals surface area (Å²) in [5.41, 5.74) is -0.478. The van der Waals surface area contributed by atoms with Gasteiger partial charge in [-0.15, -0.1) is 0 Å². The molecule has 0 fully saturated rings. The fourth-order valence-corrected chi connectivity index (χ4v) is 1.55. The van der Waals surface area contributed by atoms with Crippen molar-refractivity contribution >= 4 is 17.6 Å². The molecule has 0 unspecified atom stereocenters. The monoisotopic (exact) mass is 274 g/mol. The Morgan fingerprint density at radius 3 is 2.50 bits per heavy atom.